The minimum absolute atomic E-state index is 0.109. The number of fused-ring (bicyclic) bond motifs is 1. The predicted molar refractivity (Wildman–Crippen MR) is 73.0 cm³/mol. The normalized spacial score (nSPS) is 10.7. The van der Waals surface area contributed by atoms with Crippen molar-refractivity contribution in [1.82, 2.24) is 24.5 Å². The summed E-state index contributed by atoms with van der Waals surface area (Å²) in [5.41, 5.74) is 2.04. The molecule has 1 amide bonds. The fraction of sp³-hybridized carbons (Fsp3) is 0.143. The van der Waals surface area contributed by atoms with E-state index in [0.29, 0.717) is 17.8 Å². The zero-order valence-electron chi connectivity index (χ0n) is 11.0. The molecule has 20 heavy (non-hydrogen) atoms. The molecule has 0 spiro atoms. The van der Waals surface area contributed by atoms with Crippen molar-refractivity contribution in [2.45, 2.75) is 6.54 Å². The van der Waals surface area contributed by atoms with Crippen molar-refractivity contribution in [3.63, 3.8) is 0 Å². The van der Waals surface area contributed by atoms with Crippen LogP contribution < -0.4 is 0 Å². The van der Waals surface area contributed by atoms with E-state index in [4.69, 9.17) is 0 Å². The van der Waals surface area contributed by atoms with E-state index in [-0.39, 0.29) is 5.91 Å². The Morgan fingerprint density at radius 1 is 1.30 bits per heavy atom. The largest absolute Gasteiger partial charge is 0.337 e. The van der Waals surface area contributed by atoms with E-state index >= 15 is 0 Å². The van der Waals surface area contributed by atoms with E-state index in [0.717, 1.165) is 5.56 Å². The molecule has 0 aliphatic heterocycles. The molecule has 3 rings (SSSR count). The number of pyridine rings is 1. The summed E-state index contributed by atoms with van der Waals surface area (Å²) >= 11 is 0. The highest BCUT2D eigenvalue weighted by atomic mass is 16.2. The molecule has 0 aromatic carbocycles. The number of aromatic nitrogens is 4. The first-order valence-corrected chi connectivity index (χ1v) is 6.18. The van der Waals surface area contributed by atoms with Crippen molar-refractivity contribution in [3.05, 3.63) is 60.3 Å². The maximum Gasteiger partial charge on any atom is 0.259 e. The van der Waals surface area contributed by atoms with Gasteiger partial charge in [-0.05, 0) is 17.7 Å². The van der Waals surface area contributed by atoms with E-state index in [1.807, 2.05) is 12.1 Å². The standard InChI is InChI=1S/C14H13N5O/c1-18(10-11-4-2-5-15-8-11)14(20)12-9-17-19-7-3-6-16-13(12)19/h2-9H,10H2,1H3. The molecular formula is C14H13N5O. The first-order valence-electron chi connectivity index (χ1n) is 6.18. The Morgan fingerprint density at radius 3 is 3.00 bits per heavy atom. The Kier molecular flexibility index (Phi) is 3.12. The van der Waals surface area contributed by atoms with Gasteiger partial charge >= 0.3 is 0 Å². The molecule has 3 aromatic rings. The molecule has 0 aliphatic carbocycles. The first kappa shape index (κ1) is 12.3. The third-order valence-electron chi connectivity index (χ3n) is 3.00. The minimum atomic E-state index is -0.109. The number of carbonyl (C=O) groups is 1. The third kappa shape index (κ3) is 2.23. The minimum Gasteiger partial charge on any atom is -0.337 e. The van der Waals surface area contributed by atoms with Crippen molar-refractivity contribution in [2.75, 3.05) is 7.05 Å². The van der Waals surface area contributed by atoms with Gasteiger partial charge in [0.25, 0.3) is 5.91 Å². The fourth-order valence-corrected chi connectivity index (χ4v) is 2.02. The summed E-state index contributed by atoms with van der Waals surface area (Å²) in [6, 6.07) is 5.56. The van der Waals surface area contributed by atoms with Gasteiger partial charge in [-0.1, -0.05) is 6.07 Å². The first-order chi connectivity index (χ1) is 9.75. The van der Waals surface area contributed by atoms with Crippen molar-refractivity contribution < 1.29 is 4.79 Å². The summed E-state index contributed by atoms with van der Waals surface area (Å²) in [4.78, 5) is 22.3. The summed E-state index contributed by atoms with van der Waals surface area (Å²) in [5.74, 6) is -0.109. The molecule has 0 unspecified atom stereocenters. The van der Waals surface area contributed by atoms with Crippen LogP contribution >= 0.6 is 0 Å². The van der Waals surface area contributed by atoms with Crippen LogP contribution in [-0.4, -0.2) is 37.4 Å². The molecule has 3 aromatic heterocycles. The third-order valence-corrected chi connectivity index (χ3v) is 3.00. The van der Waals surface area contributed by atoms with Gasteiger partial charge in [0.2, 0.25) is 0 Å². The smallest absolute Gasteiger partial charge is 0.259 e. The number of rotatable bonds is 3. The molecule has 0 fully saturated rings. The topological polar surface area (TPSA) is 63.4 Å². The van der Waals surface area contributed by atoms with E-state index in [2.05, 4.69) is 15.1 Å². The molecule has 0 aliphatic rings. The molecule has 0 saturated carbocycles. The highest BCUT2D eigenvalue weighted by molar-refractivity contribution is 5.99. The summed E-state index contributed by atoms with van der Waals surface area (Å²) in [6.07, 6.45) is 8.41. The lowest BCUT2D eigenvalue weighted by Gasteiger charge is -2.16. The molecule has 6 nitrogen and oxygen atoms in total. The van der Waals surface area contributed by atoms with Crippen molar-refractivity contribution in [3.8, 4) is 0 Å². The van der Waals surface area contributed by atoms with E-state index in [1.165, 1.54) is 0 Å². The molecule has 3 heterocycles. The highest BCUT2D eigenvalue weighted by Crippen LogP contribution is 2.11. The molecule has 0 atom stereocenters. The van der Waals surface area contributed by atoms with Crippen LogP contribution in [0.1, 0.15) is 15.9 Å². The van der Waals surface area contributed by atoms with Crippen LogP contribution in [0.2, 0.25) is 0 Å². The van der Waals surface area contributed by atoms with Crippen LogP contribution in [0.5, 0.6) is 0 Å². The van der Waals surface area contributed by atoms with Gasteiger partial charge in [0.15, 0.2) is 5.65 Å². The number of nitrogens with zero attached hydrogens (tertiary/aromatic N) is 5. The monoisotopic (exact) mass is 267 g/mol. The SMILES string of the molecule is CN(Cc1cccnc1)C(=O)c1cnn2cccnc12. The summed E-state index contributed by atoms with van der Waals surface area (Å²) < 4.78 is 1.59. The van der Waals surface area contributed by atoms with Gasteiger partial charge in [-0.3, -0.25) is 9.78 Å². The van der Waals surface area contributed by atoms with Gasteiger partial charge in [0, 0.05) is 38.4 Å². The number of hydrogen-bond donors (Lipinski definition) is 0. The lowest BCUT2D eigenvalue weighted by molar-refractivity contribution is 0.0786. The van der Waals surface area contributed by atoms with Gasteiger partial charge in [-0.2, -0.15) is 5.10 Å². The molecule has 0 N–H and O–H groups in total. The molecular weight excluding hydrogens is 254 g/mol. The summed E-state index contributed by atoms with van der Waals surface area (Å²) in [7, 11) is 1.75. The molecule has 100 valence electrons. The quantitative estimate of drug-likeness (QED) is 0.719. The Bertz CT molecular complexity index is 737. The second-order valence-corrected chi connectivity index (χ2v) is 4.47. The number of hydrogen-bond acceptors (Lipinski definition) is 4. The summed E-state index contributed by atoms with van der Waals surface area (Å²) in [5, 5.41) is 4.12. The van der Waals surface area contributed by atoms with Crippen molar-refractivity contribution in [1.29, 1.82) is 0 Å². The van der Waals surface area contributed by atoms with Crippen molar-refractivity contribution >= 4 is 11.6 Å². The van der Waals surface area contributed by atoms with Crippen LogP contribution in [0.15, 0.2) is 49.2 Å². The van der Waals surface area contributed by atoms with Crippen LogP contribution in [0.3, 0.4) is 0 Å². The second-order valence-electron chi connectivity index (χ2n) is 4.47. The maximum atomic E-state index is 12.4. The van der Waals surface area contributed by atoms with Crippen molar-refractivity contribution in [2.24, 2.45) is 0 Å². The van der Waals surface area contributed by atoms with Crippen LogP contribution in [0.4, 0.5) is 0 Å². The highest BCUT2D eigenvalue weighted by Gasteiger charge is 2.17. The van der Waals surface area contributed by atoms with Gasteiger partial charge in [-0.25, -0.2) is 9.50 Å². The van der Waals surface area contributed by atoms with E-state index in [1.54, 1.807) is 53.5 Å². The van der Waals surface area contributed by atoms with Crippen LogP contribution in [0.25, 0.3) is 5.65 Å². The lowest BCUT2D eigenvalue weighted by atomic mass is 10.2. The van der Waals surface area contributed by atoms with Gasteiger partial charge in [-0.15, -0.1) is 0 Å². The fourth-order valence-electron chi connectivity index (χ4n) is 2.02. The maximum absolute atomic E-state index is 12.4. The lowest BCUT2D eigenvalue weighted by Crippen LogP contribution is -2.26. The zero-order chi connectivity index (χ0) is 13.9. The van der Waals surface area contributed by atoms with E-state index in [9.17, 15) is 4.79 Å². The van der Waals surface area contributed by atoms with Crippen LogP contribution in [-0.2, 0) is 6.54 Å². The van der Waals surface area contributed by atoms with Gasteiger partial charge in [0.1, 0.15) is 5.56 Å². The Morgan fingerprint density at radius 2 is 2.20 bits per heavy atom. The number of amides is 1. The molecule has 0 radical (unpaired) electrons. The average Bonchev–Trinajstić information content (AvgIpc) is 2.91. The second kappa shape index (κ2) is 5.08. The summed E-state index contributed by atoms with van der Waals surface area (Å²) in [6.45, 7) is 0.497. The Balaban J connectivity index is 1.85. The Labute approximate surface area is 115 Å². The predicted octanol–water partition coefficient (Wildman–Crippen LogP) is 1.40. The van der Waals surface area contributed by atoms with Gasteiger partial charge < -0.3 is 4.90 Å². The number of carbonyl (C=O) groups excluding carboxylic acids is 1. The average molecular weight is 267 g/mol. The Hall–Kier alpha value is -2.76. The van der Waals surface area contributed by atoms with Crippen LogP contribution in [0, 0.1) is 0 Å². The molecule has 0 saturated heterocycles. The van der Waals surface area contributed by atoms with E-state index < -0.39 is 0 Å². The zero-order valence-corrected chi connectivity index (χ0v) is 11.0. The molecule has 0 bridgehead atoms. The van der Waals surface area contributed by atoms with Gasteiger partial charge in [0.05, 0.1) is 6.20 Å². The molecule has 6 heteroatoms.